The van der Waals surface area contributed by atoms with Crippen molar-refractivity contribution in [2.75, 3.05) is 26.2 Å². The van der Waals surface area contributed by atoms with Gasteiger partial charge in [-0.05, 0) is 54.3 Å². The monoisotopic (exact) mass is 641 g/mol. The van der Waals surface area contributed by atoms with Gasteiger partial charge in [-0.25, -0.2) is 0 Å². The predicted molar refractivity (Wildman–Crippen MR) is 155 cm³/mol. The van der Waals surface area contributed by atoms with Crippen LogP contribution in [0.4, 0.5) is 13.2 Å². The average Bonchev–Trinajstić information content (AvgIpc) is 3.30. The molecule has 0 aromatic carbocycles. The zero-order chi connectivity index (χ0) is 33.1. The van der Waals surface area contributed by atoms with Crippen molar-refractivity contribution in [1.29, 1.82) is 0 Å². The number of carbonyl (C=O) groups excluding carboxylic acids is 5. The molecule has 14 heteroatoms. The second-order valence-corrected chi connectivity index (χ2v) is 15.2. The van der Waals surface area contributed by atoms with Crippen LogP contribution in [0.15, 0.2) is 0 Å². The van der Waals surface area contributed by atoms with Gasteiger partial charge in [0.05, 0.1) is 6.04 Å². The van der Waals surface area contributed by atoms with Gasteiger partial charge in [0, 0.05) is 32.1 Å². The molecule has 0 aromatic heterocycles. The number of nitrogens with one attached hydrogen (secondary N) is 3. The molecule has 7 atom stereocenters. The van der Waals surface area contributed by atoms with E-state index in [9.17, 15) is 42.3 Å². The first kappa shape index (κ1) is 33.5. The molecule has 11 nitrogen and oxygen atoms in total. The highest BCUT2D eigenvalue weighted by Gasteiger charge is 2.70. The minimum atomic E-state index is -5.17. The topological polar surface area (TPSA) is 148 Å². The number of aliphatic hydroxyl groups excluding tert-OH is 1. The zero-order valence-electron chi connectivity index (χ0n) is 26.4. The van der Waals surface area contributed by atoms with E-state index in [4.69, 9.17) is 0 Å². The number of carbonyl (C=O) groups is 5. The Hall–Kier alpha value is -2.90. The summed E-state index contributed by atoms with van der Waals surface area (Å²) >= 11 is 0. The lowest BCUT2D eigenvalue weighted by atomic mass is 9.83. The highest BCUT2D eigenvalue weighted by molar-refractivity contribution is 5.95. The lowest BCUT2D eigenvalue weighted by molar-refractivity contribution is -0.176. The second kappa shape index (κ2) is 12.0. The number of fused-ring (bicyclic) bond motifs is 1. The van der Waals surface area contributed by atoms with E-state index in [2.05, 4.69) is 10.6 Å². The molecule has 1 unspecified atom stereocenters. The van der Waals surface area contributed by atoms with E-state index in [1.807, 2.05) is 33.0 Å². The fraction of sp³-hybridized carbons (Fsp3) is 0.839. The number of amides is 5. The fourth-order valence-electron chi connectivity index (χ4n) is 8.28. The summed E-state index contributed by atoms with van der Waals surface area (Å²) in [6.45, 7) is 9.33. The Bertz CT molecular complexity index is 1210. The van der Waals surface area contributed by atoms with Crippen molar-refractivity contribution in [1.82, 2.24) is 25.8 Å². The van der Waals surface area contributed by atoms with Crippen LogP contribution in [0.5, 0.6) is 0 Å². The van der Waals surface area contributed by atoms with Gasteiger partial charge in [-0.3, -0.25) is 24.0 Å². The van der Waals surface area contributed by atoms with Crippen LogP contribution in [0, 0.1) is 34.5 Å². The van der Waals surface area contributed by atoms with E-state index in [0.29, 0.717) is 38.9 Å². The minimum absolute atomic E-state index is 0.00616. The maximum atomic E-state index is 14.1. The number of piperidine rings is 1. The largest absolute Gasteiger partial charge is 0.471 e. The molecule has 3 aliphatic heterocycles. The molecule has 5 amide bonds. The molecule has 3 heterocycles. The highest BCUT2D eigenvalue weighted by Crippen LogP contribution is 2.65. The fourth-order valence-corrected chi connectivity index (χ4v) is 8.28. The quantitative estimate of drug-likeness (QED) is 0.299. The molecule has 5 fully saturated rings. The van der Waals surface area contributed by atoms with Crippen molar-refractivity contribution >= 4 is 29.5 Å². The Morgan fingerprint density at radius 1 is 1.00 bits per heavy atom. The number of likely N-dealkylation sites (tertiary alicyclic amines) is 2. The van der Waals surface area contributed by atoms with Crippen LogP contribution in [0.2, 0.25) is 0 Å². The van der Waals surface area contributed by atoms with Gasteiger partial charge in [0.2, 0.25) is 17.7 Å². The number of nitrogens with zero attached hydrogens (tertiary/aromatic N) is 2. The van der Waals surface area contributed by atoms with Gasteiger partial charge in [-0.15, -0.1) is 0 Å². The number of aliphatic hydroxyl groups is 1. The van der Waals surface area contributed by atoms with Gasteiger partial charge in [-0.1, -0.05) is 47.0 Å². The standard InChI is InChI=1S/C31H46F3N5O6/c1-29(2)14-38(15-29)27(44)23(40)19(12-17-10-11-35-24(17)41)36-25(42)22-20-18(30(20,3)4)13-39(22)26(43)21(16-8-6-5-7-9-16)37-28(45)31(32,33)34/h16-23,40H,5-15H2,1-4H3,(H,35,41)(H,36,42)(H,37,45)/t17-,18-,19-,20-,21-,22-,23?/m0/s1. The Kier molecular flexibility index (Phi) is 8.95. The summed E-state index contributed by atoms with van der Waals surface area (Å²) in [7, 11) is 0. The zero-order valence-corrected chi connectivity index (χ0v) is 26.4. The Morgan fingerprint density at radius 2 is 1.64 bits per heavy atom. The molecule has 0 radical (unpaired) electrons. The average molecular weight is 642 g/mol. The molecule has 0 aromatic rings. The Labute approximate surface area is 261 Å². The molecule has 5 rings (SSSR count). The van der Waals surface area contributed by atoms with Gasteiger partial charge >= 0.3 is 12.1 Å². The van der Waals surface area contributed by atoms with Crippen LogP contribution >= 0.6 is 0 Å². The summed E-state index contributed by atoms with van der Waals surface area (Å²) in [5.41, 5.74) is -0.431. The molecular weight excluding hydrogens is 595 g/mol. The van der Waals surface area contributed by atoms with Crippen molar-refractivity contribution in [2.45, 2.75) is 103 Å². The second-order valence-electron chi connectivity index (χ2n) is 15.2. The minimum Gasteiger partial charge on any atom is -0.381 e. The van der Waals surface area contributed by atoms with Crippen LogP contribution in [0.3, 0.4) is 0 Å². The Balaban J connectivity index is 1.38. The Morgan fingerprint density at radius 3 is 2.20 bits per heavy atom. The molecule has 4 N–H and O–H groups in total. The maximum Gasteiger partial charge on any atom is 0.471 e. The van der Waals surface area contributed by atoms with Crippen molar-refractivity contribution < 1.29 is 42.3 Å². The summed E-state index contributed by atoms with van der Waals surface area (Å²) in [4.78, 5) is 68.7. The third-order valence-corrected chi connectivity index (χ3v) is 10.9. The number of alkyl halides is 3. The van der Waals surface area contributed by atoms with Gasteiger partial charge in [0.1, 0.15) is 12.1 Å². The van der Waals surface area contributed by atoms with Crippen LogP contribution in [-0.2, 0) is 24.0 Å². The summed E-state index contributed by atoms with van der Waals surface area (Å²) in [5, 5.41) is 18.7. The molecule has 5 aliphatic rings. The van der Waals surface area contributed by atoms with E-state index in [1.54, 1.807) is 0 Å². The third-order valence-electron chi connectivity index (χ3n) is 10.9. The molecule has 252 valence electrons. The summed E-state index contributed by atoms with van der Waals surface area (Å²) in [6.07, 6.45) is -3.06. The van der Waals surface area contributed by atoms with Crippen LogP contribution in [-0.4, -0.2) is 101 Å². The van der Waals surface area contributed by atoms with Gasteiger partial charge in [0.15, 0.2) is 6.10 Å². The predicted octanol–water partition coefficient (Wildman–Crippen LogP) is 1.34. The molecule has 0 spiro atoms. The van der Waals surface area contributed by atoms with Crippen molar-refractivity contribution in [3.63, 3.8) is 0 Å². The molecule has 2 saturated carbocycles. The maximum absolute atomic E-state index is 14.1. The van der Waals surface area contributed by atoms with Gasteiger partial charge in [-0.2, -0.15) is 13.2 Å². The smallest absolute Gasteiger partial charge is 0.381 e. The van der Waals surface area contributed by atoms with E-state index in [-0.39, 0.29) is 41.5 Å². The van der Waals surface area contributed by atoms with Crippen LogP contribution in [0.1, 0.15) is 72.6 Å². The first-order valence-corrected chi connectivity index (χ1v) is 16.2. The first-order chi connectivity index (χ1) is 20.9. The number of rotatable bonds is 9. The lowest BCUT2D eigenvalue weighted by Gasteiger charge is -2.47. The SMILES string of the molecule is CC1(C)CN(C(=O)C(O)[C@H](C[C@@H]2CCNC2=O)NC(=O)[C@@H]2[C@@H]3[C@H](CN2C(=O)[C@@H](NC(=O)C(F)(F)F)C2CCCCC2)C3(C)C)C1. The van der Waals surface area contributed by atoms with Crippen LogP contribution < -0.4 is 16.0 Å². The van der Waals surface area contributed by atoms with Crippen molar-refractivity contribution in [2.24, 2.45) is 34.5 Å². The normalized spacial score (nSPS) is 30.8. The van der Waals surface area contributed by atoms with Gasteiger partial charge in [0.25, 0.3) is 5.91 Å². The number of hydrogen-bond donors (Lipinski definition) is 4. The van der Waals surface area contributed by atoms with E-state index in [1.165, 1.54) is 9.80 Å². The molecule has 0 bridgehead atoms. The summed E-state index contributed by atoms with van der Waals surface area (Å²) in [6, 6.07) is -3.63. The first-order valence-electron chi connectivity index (χ1n) is 16.2. The number of hydrogen-bond acceptors (Lipinski definition) is 6. The third kappa shape index (κ3) is 6.66. The van der Waals surface area contributed by atoms with Gasteiger partial charge < -0.3 is 30.9 Å². The number of halogens is 3. The summed E-state index contributed by atoms with van der Waals surface area (Å²) < 4.78 is 40.0. The van der Waals surface area contributed by atoms with Crippen molar-refractivity contribution in [3.8, 4) is 0 Å². The lowest BCUT2D eigenvalue weighted by Crippen LogP contribution is -2.63. The molecular formula is C31H46F3N5O6. The van der Waals surface area contributed by atoms with E-state index < -0.39 is 65.9 Å². The molecule has 2 aliphatic carbocycles. The molecule has 45 heavy (non-hydrogen) atoms. The van der Waals surface area contributed by atoms with Crippen LogP contribution in [0.25, 0.3) is 0 Å². The highest BCUT2D eigenvalue weighted by atomic mass is 19.4. The van der Waals surface area contributed by atoms with E-state index in [0.717, 1.165) is 19.3 Å². The molecule has 3 saturated heterocycles. The van der Waals surface area contributed by atoms with Crippen molar-refractivity contribution in [3.05, 3.63) is 0 Å². The van der Waals surface area contributed by atoms with E-state index >= 15 is 0 Å². The summed E-state index contributed by atoms with van der Waals surface area (Å²) in [5.74, 6) is -5.78.